The van der Waals surface area contributed by atoms with E-state index in [-0.39, 0.29) is 5.41 Å². The van der Waals surface area contributed by atoms with Crippen LogP contribution in [0.15, 0.2) is 42.5 Å². The van der Waals surface area contributed by atoms with Crippen molar-refractivity contribution in [2.45, 2.75) is 39.5 Å². The molecule has 0 atom stereocenters. The molecule has 0 aliphatic heterocycles. The summed E-state index contributed by atoms with van der Waals surface area (Å²) in [5, 5.41) is 2.39. The Morgan fingerprint density at radius 1 is 1.05 bits per heavy atom. The summed E-state index contributed by atoms with van der Waals surface area (Å²) >= 11 is 0. The van der Waals surface area contributed by atoms with Crippen molar-refractivity contribution in [1.29, 1.82) is 0 Å². The maximum Gasteiger partial charge on any atom is 0.137 e. The second kappa shape index (κ2) is 6.86. The van der Waals surface area contributed by atoms with Crippen molar-refractivity contribution in [2.75, 3.05) is 6.54 Å². The molecule has 0 amide bonds. The van der Waals surface area contributed by atoms with E-state index in [1.165, 1.54) is 10.8 Å². The Balaban J connectivity index is 2.02. The molecule has 2 heteroatoms. The van der Waals surface area contributed by atoms with Crippen molar-refractivity contribution in [2.24, 2.45) is 11.1 Å². The van der Waals surface area contributed by atoms with Crippen LogP contribution in [-0.4, -0.2) is 12.3 Å². The fraction of sp³-hybridized carbons (Fsp3) is 0.421. The van der Waals surface area contributed by atoms with E-state index in [1.54, 1.807) is 0 Å². The van der Waals surface area contributed by atoms with Crippen LogP contribution in [0.4, 0.5) is 0 Å². The van der Waals surface area contributed by atoms with Crippen LogP contribution >= 0.6 is 0 Å². The lowest BCUT2D eigenvalue weighted by Crippen LogP contribution is -2.18. The molecule has 0 aliphatic rings. The van der Waals surface area contributed by atoms with E-state index in [9.17, 15) is 4.79 Å². The smallest absolute Gasteiger partial charge is 0.137 e. The van der Waals surface area contributed by atoms with Gasteiger partial charge in [-0.2, -0.15) is 0 Å². The molecule has 2 N–H and O–H groups in total. The minimum absolute atomic E-state index is 0.156. The van der Waals surface area contributed by atoms with Crippen molar-refractivity contribution in [1.82, 2.24) is 0 Å². The normalized spacial score (nSPS) is 11.8. The number of carbonyl (C=O) groups excluding carboxylic acids is 1. The zero-order chi connectivity index (χ0) is 15.3. The molecule has 2 aromatic carbocycles. The molecule has 0 saturated carbocycles. The Bertz CT molecular complexity index is 610. The first kappa shape index (κ1) is 15.7. The largest absolute Gasteiger partial charge is 0.330 e. The van der Waals surface area contributed by atoms with Crippen molar-refractivity contribution in [3.63, 3.8) is 0 Å². The zero-order valence-electron chi connectivity index (χ0n) is 13.1. The Labute approximate surface area is 127 Å². The summed E-state index contributed by atoms with van der Waals surface area (Å²) in [6.07, 6.45) is 3.04. The number of fused-ring (bicyclic) bond motifs is 1. The van der Waals surface area contributed by atoms with Crippen LogP contribution < -0.4 is 5.73 Å². The summed E-state index contributed by atoms with van der Waals surface area (Å²) in [4.78, 5) is 12.3. The summed E-state index contributed by atoms with van der Waals surface area (Å²) < 4.78 is 0. The summed E-state index contributed by atoms with van der Waals surface area (Å²) in [6.45, 7) is 5.06. The first-order valence-corrected chi connectivity index (χ1v) is 7.70. The van der Waals surface area contributed by atoms with Gasteiger partial charge < -0.3 is 5.73 Å². The van der Waals surface area contributed by atoms with E-state index < -0.39 is 0 Å². The molecule has 0 radical (unpaired) electrons. The van der Waals surface area contributed by atoms with Gasteiger partial charge in [-0.1, -0.05) is 56.3 Å². The van der Waals surface area contributed by atoms with E-state index in [4.69, 9.17) is 5.73 Å². The van der Waals surface area contributed by atoms with Crippen LogP contribution in [0.2, 0.25) is 0 Å². The third-order valence-electron chi connectivity index (χ3n) is 4.17. The number of rotatable bonds is 7. The summed E-state index contributed by atoms with van der Waals surface area (Å²) in [7, 11) is 0. The van der Waals surface area contributed by atoms with Gasteiger partial charge in [-0.15, -0.1) is 0 Å². The number of carbonyl (C=O) groups is 1. The molecule has 0 aromatic heterocycles. The summed E-state index contributed by atoms with van der Waals surface area (Å²) in [6, 6.07) is 14.4. The molecule has 2 rings (SSSR count). The Morgan fingerprint density at radius 2 is 1.76 bits per heavy atom. The number of benzene rings is 2. The monoisotopic (exact) mass is 283 g/mol. The molecule has 21 heavy (non-hydrogen) atoms. The molecule has 0 spiro atoms. The highest BCUT2D eigenvalue weighted by molar-refractivity contribution is 5.90. The molecule has 2 nitrogen and oxygen atoms in total. The van der Waals surface area contributed by atoms with Crippen molar-refractivity contribution < 1.29 is 4.79 Å². The predicted molar refractivity (Wildman–Crippen MR) is 89.3 cm³/mol. The average molecular weight is 283 g/mol. The van der Waals surface area contributed by atoms with Crippen LogP contribution in [0.1, 0.15) is 38.7 Å². The van der Waals surface area contributed by atoms with Gasteiger partial charge in [0.1, 0.15) is 5.78 Å². The van der Waals surface area contributed by atoms with Crippen molar-refractivity contribution in [3.8, 4) is 0 Å². The van der Waals surface area contributed by atoms with Gasteiger partial charge in [-0.3, -0.25) is 4.79 Å². The first-order chi connectivity index (χ1) is 10.0. The minimum atomic E-state index is 0.156. The average Bonchev–Trinajstić information content (AvgIpc) is 2.46. The number of hydrogen-bond acceptors (Lipinski definition) is 2. The van der Waals surface area contributed by atoms with Gasteiger partial charge in [-0.25, -0.2) is 0 Å². The predicted octanol–water partition coefficient (Wildman–Crippen LogP) is 4.11. The quantitative estimate of drug-likeness (QED) is 0.831. The van der Waals surface area contributed by atoms with Gasteiger partial charge in [0.15, 0.2) is 0 Å². The second-order valence-electron chi connectivity index (χ2n) is 6.56. The number of nitrogens with two attached hydrogens (primary N) is 1. The van der Waals surface area contributed by atoms with E-state index >= 15 is 0 Å². The lowest BCUT2D eigenvalue weighted by Gasteiger charge is -2.23. The van der Waals surface area contributed by atoms with Gasteiger partial charge >= 0.3 is 0 Å². The van der Waals surface area contributed by atoms with Crippen LogP contribution in [0.5, 0.6) is 0 Å². The molecule has 0 aliphatic carbocycles. The highest BCUT2D eigenvalue weighted by Gasteiger charge is 2.18. The number of ketones is 1. The first-order valence-electron chi connectivity index (χ1n) is 7.70. The Hall–Kier alpha value is -1.67. The molecular weight excluding hydrogens is 258 g/mol. The van der Waals surface area contributed by atoms with E-state index in [2.05, 4.69) is 38.1 Å². The molecule has 0 unspecified atom stereocenters. The van der Waals surface area contributed by atoms with Gasteiger partial charge in [0.05, 0.1) is 0 Å². The zero-order valence-corrected chi connectivity index (χ0v) is 13.1. The van der Waals surface area contributed by atoms with Gasteiger partial charge in [0, 0.05) is 12.8 Å². The van der Waals surface area contributed by atoms with E-state index in [1.807, 2.05) is 18.2 Å². The molecule has 0 saturated heterocycles. The minimum Gasteiger partial charge on any atom is -0.330 e. The second-order valence-corrected chi connectivity index (χ2v) is 6.56. The highest BCUT2D eigenvalue weighted by atomic mass is 16.1. The summed E-state index contributed by atoms with van der Waals surface area (Å²) in [5.74, 6) is 0.316. The maximum atomic E-state index is 12.3. The highest BCUT2D eigenvalue weighted by Crippen LogP contribution is 2.27. The van der Waals surface area contributed by atoms with Crippen LogP contribution in [0, 0.1) is 5.41 Å². The Kier molecular flexibility index (Phi) is 5.13. The molecule has 0 heterocycles. The van der Waals surface area contributed by atoms with Gasteiger partial charge in [-0.05, 0) is 41.1 Å². The van der Waals surface area contributed by atoms with Crippen LogP contribution in [-0.2, 0) is 11.2 Å². The molecule has 112 valence electrons. The molecule has 0 fully saturated rings. The standard InChI is InChI=1S/C19H25NO/c1-19(2,12-13-20)11-10-17(21)14-16-8-5-7-15-6-3-4-9-18(15)16/h3-9H,10-14,20H2,1-2H3. The third-order valence-corrected chi connectivity index (χ3v) is 4.17. The lowest BCUT2D eigenvalue weighted by atomic mass is 9.83. The number of Topliss-reactive ketones (excluding diaryl/α,β-unsaturated/α-hetero) is 1. The lowest BCUT2D eigenvalue weighted by molar-refractivity contribution is -0.119. The maximum absolute atomic E-state index is 12.3. The summed E-state index contributed by atoms with van der Waals surface area (Å²) in [5.41, 5.74) is 6.91. The molecule has 2 aromatic rings. The van der Waals surface area contributed by atoms with Crippen LogP contribution in [0.3, 0.4) is 0 Å². The SMILES string of the molecule is CC(C)(CCN)CCC(=O)Cc1cccc2ccccc12. The number of hydrogen-bond donors (Lipinski definition) is 1. The topological polar surface area (TPSA) is 43.1 Å². The Morgan fingerprint density at radius 3 is 2.52 bits per heavy atom. The fourth-order valence-corrected chi connectivity index (χ4v) is 2.74. The van der Waals surface area contributed by atoms with Crippen LogP contribution in [0.25, 0.3) is 10.8 Å². The van der Waals surface area contributed by atoms with Gasteiger partial charge in [0.2, 0.25) is 0 Å². The van der Waals surface area contributed by atoms with Crippen molar-refractivity contribution in [3.05, 3.63) is 48.0 Å². The molecule has 0 bridgehead atoms. The fourth-order valence-electron chi connectivity index (χ4n) is 2.74. The third kappa shape index (κ3) is 4.40. The van der Waals surface area contributed by atoms with E-state index in [0.717, 1.165) is 18.4 Å². The van der Waals surface area contributed by atoms with Gasteiger partial charge in [0.25, 0.3) is 0 Å². The van der Waals surface area contributed by atoms with E-state index in [0.29, 0.717) is 25.2 Å². The van der Waals surface area contributed by atoms with Crippen molar-refractivity contribution >= 4 is 16.6 Å². The molecular formula is C19H25NO.